The first kappa shape index (κ1) is 39.6. The number of hydrogen-bond acceptors (Lipinski definition) is 9. The molecule has 4 aromatic rings. The Kier molecular flexibility index (Phi) is 9.71. The van der Waals surface area contributed by atoms with Crippen LogP contribution in [0.4, 0.5) is 5.69 Å². The van der Waals surface area contributed by atoms with Gasteiger partial charge in [0, 0.05) is 92.5 Å². The van der Waals surface area contributed by atoms with Gasteiger partial charge < -0.3 is 19.9 Å². The Morgan fingerprint density at radius 2 is 1.60 bits per heavy atom. The number of likely N-dealkylation sites (tertiary alicyclic amines) is 2. The second kappa shape index (κ2) is 15.2. The van der Waals surface area contributed by atoms with Gasteiger partial charge in [-0.25, -0.2) is 0 Å². The van der Waals surface area contributed by atoms with Crippen LogP contribution in [0.3, 0.4) is 0 Å². The molecule has 3 aromatic carbocycles. The van der Waals surface area contributed by atoms with E-state index in [1.807, 2.05) is 18.2 Å². The summed E-state index contributed by atoms with van der Waals surface area (Å²) in [5.41, 5.74) is 6.94. The number of fused-ring (bicyclic) bond motifs is 11. The van der Waals surface area contributed by atoms with E-state index in [9.17, 15) is 24.0 Å². The second-order valence-corrected chi connectivity index (χ2v) is 19.2. The van der Waals surface area contributed by atoms with Crippen LogP contribution in [0.25, 0.3) is 16.6 Å². The van der Waals surface area contributed by atoms with Gasteiger partial charge in [0.25, 0.3) is 11.5 Å². The Bertz CT molecular complexity index is 2580. The molecular weight excluding hydrogens is 806 g/mol. The van der Waals surface area contributed by atoms with Crippen molar-refractivity contribution in [2.75, 3.05) is 50.8 Å². The smallest absolute Gasteiger partial charge is 0.282 e. The van der Waals surface area contributed by atoms with E-state index >= 15 is 0 Å². The Labute approximate surface area is 365 Å². The van der Waals surface area contributed by atoms with Crippen molar-refractivity contribution in [2.45, 2.75) is 100 Å². The number of ether oxygens (including phenoxy) is 1. The summed E-state index contributed by atoms with van der Waals surface area (Å²) in [6.07, 6.45) is 11.2. The number of piperidine rings is 3. The summed E-state index contributed by atoms with van der Waals surface area (Å²) in [6.45, 7) is 6.37. The number of rotatable bonds is 3. The summed E-state index contributed by atoms with van der Waals surface area (Å²) in [5.74, 6) is 1.88. The van der Waals surface area contributed by atoms with Crippen LogP contribution in [0.5, 0.6) is 5.75 Å². The standard InChI is InChI=1S/C43H45ClN6O4.C5H7NO2/c44-33-5-4-6-35-36(33)39(52)46-41-43(13-2-1-3-14-43)32-21-28(7-10-34(32)50(35)41)47-17-11-27(12-18-47)49-23-26(24-49)40(53)48-19-15-42(16-20-48)25-54-37-30-22-45-38(51)29(30)8-9-31(37)42;7-4-2-1-3-5(8)6-4/h4-10,21,26-27H,1-3,11-20,22-25H2,(H,45,51);1-3H2,(H,6,7,8). The first-order valence-corrected chi connectivity index (χ1v) is 23.0. The molecule has 8 heterocycles. The van der Waals surface area contributed by atoms with Gasteiger partial charge in [0.05, 0.1) is 39.6 Å². The van der Waals surface area contributed by atoms with Crippen LogP contribution in [-0.2, 0) is 31.8 Å². The molecule has 62 heavy (non-hydrogen) atoms. The van der Waals surface area contributed by atoms with Gasteiger partial charge in [-0.1, -0.05) is 43.0 Å². The third-order valence-electron chi connectivity index (χ3n) is 15.5. The van der Waals surface area contributed by atoms with Crippen LogP contribution >= 0.6 is 11.6 Å². The zero-order valence-corrected chi connectivity index (χ0v) is 35.7. The minimum Gasteiger partial charge on any atom is -0.492 e. The van der Waals surface area contributed by atoms with Crippen molar-refractivity contribution < 1.29 is 23.9 Å². The predicted octanol–water partition coefficient (Wildman–Crippen LogP) is 5.51. The van der Waals surface area contributed by atoms with E-state index in [1.54, 1.807) is 6.07 Å². The lowest BCUT2D eigenvalue weighted by molar-refractivity contribution is -0.144. The van der Waals surface area contributed by atoms with Crippen molar-refractivity contribution in [3.8, 4) is 11.4 Å². The highest BCUT2D eigenvalue weighted by Gasteiger charge is 2.49. The van der Waals surface area contributed by atoms with Gasteiger partial charge in [-0.15, -0.1) is 0 Å². The number of hydrogen-bond donors (Lipinski definition) is 2. The van der Waals surface area contributed by atoms with E-state index in [4.69, 9.17) is 21.3 Å². The Hall–Kier alpha value is -5.27. The van der Waals surface area contributed by atoms with Gasteiger partial charge in [0.15, 0.2) is 0 Å². The zero-order valence-electron chi connectivity index (χ0n) is 35.0. The molecule has 2 N–H and O–H groups in total. The molecule has 5 fully saturated rings. The van der Waals surface area contributed by atoms with Crippen LogP contribution in [0.2, 0.25) is 5.02 Å². The average molecular weight is 858 g/mol. The predicted molar refractivity (Wildman–Crippen MR) is 234 cm³/mol. The topological polar surface area (TPSA) is 146 Å². The Morgan fingerprint density at radius 3 is 2.32 bits per heavy atom. The monoisotopic (exact) mass is 857 g/mol. The van der Waals surface area contributed by atoms with Crippen molar-refractivity contribution in [2.24, 2.45) is 5.92 Å². The molecule has 13 nitrogen and oxygen atoms in total. The van der Waals surface area contributed by atoms with Crippen LogP contribution in [0.1, 0.15) is 110 Å². The number of aromatic nitrogens is 2. The van der Waals surface area contributed by atoms with Gasteiger partial charge >= 0.3 is 0 Å². The van der Waals surface area contributed by atoms with Gasteiger partial charge in [-0.05, 0) is 86.9 Å². The molecule has 1 saturated carbocycles. The fraction of sp³-hybridized carbons (Fsp3) is 0.500. The summed E-state index contributed by atoms with van der Waals surface area (Å²) in [5, 5.41) is 6.08. The number of carbonyl (C=O) groups is 4. The highest BCUT2D eigenvalue weighted by atomic mass is 35.5. The van der Waals surface area contributed by atoms with E-state index in [-0.39, 0.29) is 40.0 Å². The molecule has 2 spiro atoms. The van der Waals surface area contributed by atoms with Crippen molar-refractivity contribution >= 4 is 51.8 Å². The normalized spacial score (nSPS) is 22.6. The quantitative estimate of drug-likeness (QED) is 0.255. The van der Waals surface area contributed by atoms with Crippen LogP contribution in [-0.4, -0.2) is 94.9 Å². The van der Waals surface area contributed by atoms with Gasteiger partial charge in [-0.2, -0.15) is 4.98 Å². The first-order valence-electron chi connectivity index (χ1n) is 22.7. The lowest BCUT2D eigenvalue weighted by Crippen LogP contribution is -2.60. The van der Waals surface area contributed by atoms with Crippen LogP contribution < -0.4 is 25.8 Å². The maximum atomic E-state index is 13.7. The molecule has 322 valence electrons. The molecule has 0 unspecified atom stereocenters. The number of halogens is 1. The summed E-state index contributed by atoms with van der Waals surface area (Å²) >= 11 is 6.56. The summed E-state index contributed by atoms with van der Waals surface area (Å²) in [7, 11) is 0. The number of carbonyl (C=O) groups excluding carboxylic acids is 4. The third-order valence-corrected chi connectivity index (χ3v) is 15.8. The zero-order chi connectivity index (χ0) is 42.3. The molecule has 1 aliphatic carbocycles. The van der Waals surface area contributed by atoms with Crippen molar-refractivity contribution in [3.63, 3.8) is 0 Å². The molecule has 8 aliphatic rings. The fourth-order valence-electron chi connectivity index (χ4n) is 12.0. The lowest BCUT2D eigenvalue weighted by atomic mass is 9.69. The van der Waals surface area contributed by atoms with E-state index in [2.05, 4.69) is 54.2 Å². The Morgan fingerprint density at radius 1 is 0.839 bits per heavy atom. The largest absolute Gasteiger partial charge is 0.492 e. The molecule has 4 amide bonds. The second-order valence-electron chi connectivity index (χ2n) is 18.8. The molecule has 7 aliphatic heterocycles. The van der Waals surface area contributed by atoms with Crippen molar-refractivity contribution in [1.29, 1.82) is 0 Å². The minimum absolute atomic E-state index is 0.0183. The van der Waals surface area contributed by atoms with Crippen LogP contribution in [0.15, 0.2) is 53.3 Å². The first-order chi connectivity index (χ1) is 30.1. The average Bonchev–Trinajstić information content (AvgIpc) is 3.91. The molecule has 0 atom stereocenters. The third kappa shape index (κ3) is 6.35. The summed E-state index contributed by atoms with van der Waals surface area (Å²) in [6, 6.07) is 17.2. The number of amides is 4. The number of imide groups is 1. The Balaban J connectivity index is 0.000000489. The van der Waals surface area contributed by atoms with E-state index < -0.39 is 0 Å². The van der Waals surface area contributed by atoms with E-state index in [1.165, 1.54) is 23.2 Å². The van der Waals surface area contributed by atoms with Crippen LogP contribution in [0, 0.1) is 5.92 Å². The number of nitrogens with one attached hydrogen (secondary N) is 2. The molecule has 0 bridgehead atoms. The molecule has 4 saturated heterocycles. The lowest BCUT2D eigenvalue weighted by Gasteiger charge is -2.48. The van der Waals surface area contributed by atoms with Gasteiger partial charge in [0.2, 0.25) is 17.7 Å². The number of benzene rings is 3. The minimum atomic E-state index is -0.250. The molecular formula is C48H52ClN7O6. The summed E-state index contributed by atoms with van der Waals surface area (Å²) in [4.78, 5) is 71.8. The maximum Gasteiger partial charge on any atom is 0.282 e. The summed E-state index contributed by atoms with van der Waals surface area (Å²) < 4.78 is 8.45. The molecule has 12 rings (SSSR count). The van der Waals surface area contributed by atoms with Gasteiger partial charge in [0.1, 0.15) is 11.6 Å². The van der Waals surface area contributed by atoms with E-state index in [0.29, 0.717) is 54.8 Å². The van der Waals surface area contributed by atoms with Crippen molar-refractivity contribution in [1.82, 2.24) is 30.0 Å². The number of anilines is 1. The van der Waals surface area contributed by atoms with Gasteiger partial charge in [-0.3, -0.25) is 38.8 Å². The highest BCUT2D eigenvalue weighted by molar-refractivity contribution is 6.35. The fourth-order valence-corrected chi connectivity index (χ4v) is 12.2. The van der Waals surface area contributed by atoms with E-state index in [0.717, 1.165) is 125 Å². The SMILES string of the molecule is O=C1CCCC(=O)N1.O=C1NCc2c1ccc1c2OCC12CCN(C(=O)C1CN(C3CCN(c4ccc5c(c4)C4(CCCCC4)c4nc(=O)c6c(Cl)cccc6n4-5)CC3)C1)CC2. The van der Waals surface area contributed by atoms with Crippen molar-refractivity contribution in [3.05, 3.63) is 92.0 Å². The number of nitrogens with zero attached hydrogens (tertiary/aromatic N) is 5. The maximum absolute atomic E-state index is 13.7. The molecule has 0 radical (unpaired) electrons. The highest BCUT2D eigenvalue weighted by Crippen LogP contribution is 2.53. The molecule has 1 aromatic heterocycles. The molecule has 14 heteroatoms.